The van der Waals surface area contributed by atoms with E-state index in [-0.39, 0.29) is 11.8 Å². The highest BCUT2D eigenvalue weighted by Gasteiger charge is 2.47. The van der Waals surface area contributed by atoms with E-state index in [0.29, 0.717) is 10.7 Å². The van der Waals surface area contributed by atoms with Gasteiger partial charge in [-0.1, -0.05) is 11.6 Å². The number of hydrogen-bond donors (Lipinski definition) is 2. The fourth-order valence-electron chi connectivity index (χ4n) is 2.79. The van der Waals surface area contributed by atoms with Gasteiger partial charge in [-0.2, -0.15) is 0 Å². The highest BCUT2D eigenvalue weighted by Crippen LogP contribution is 2.54. The van der Waals surface area contributed by atoms with Crippen LogP contribution in [0.1, 0.15) is 19.3 Å². The predicted octanol–water partition coefficient (Wildman–Crippen LogP) is 2.91. The average molecular weight is 251 g/mol. The molecule has 1 aromatic rings. The van der Waals surface area contributed by atoms with Gasteiger partial charge in [-0.25, -0.2) is 0 Å². The van der Waals surface area contributed by atoms with E-state index in [0.717, 1.165) is 30.4 Å². The number of halogens is 1. The van der Waals surface area contributed by atoms with Crippen LogP contribution in [0, 0.1) is 17.8 Å². The Labute approximate surface area is 105 Å². The van der Waals surface area contributed by atoms with Crippen LogP contribution in [0.3, 0.4) is 0 Å². The van der Waals surface area contributed by atoms with Gasteiger partial charge in [-0.15, -0.1) is 0 Å². The van der Waals surface area contributed by atoms with E-state index in [1.54, 1.807) is 18.2 Å². The van der Waals surface area contributed by atoms with Crippen LogP contribution in [0.25, 0.3) is 0 Å². The van der Waals surface area contributed by atoms with E-state index in [4.69, 9.17) is 17.3 Å². The van der Waals surface area contributed by atoms with E-state index >= 15 is 0 Å². The van der Waals surface area contributed by atoms with Gasteiger partial charge < -0.3 is 11.1 Å². The summed E-state index contributed by atoms with van der Waals surface area (Å²) in [5.41, 5.74) is 6.93. The van der Waals surface area contributed by atoms with E-state index < -0.39 is 0 Å². The van der Waals surface area contributed by atoms with Gasteiger partial charge in [0.1, 0.15) is 0 Å². The molecule has 0 heterocycles. The lowest BCUT2D eigenvalue weighted by atomic mass is 10.0. The maximum atomic E-state index is 12.0. The van der Waals surface area contributed by atoms with Crippen molar-refractivity contribution in [2.75, 3.05) is 11.1 Å². The molecule has 2 atom stereocenters. The maximum absolute atomic E-state index is 12.0. The third-order valence-corrected chi connectivity index (χ3v) is 4.22. The number of anilines is 2. The number of carbonyl (C=O) groups is 1. The summed E-state index contributed by atoms with van der Waals surface area (Å²) in [6, 6.07) is 5.20. The fourth-order valence-corrected chi connectivity index (χ4v) is 2.91. The number of carbonyl (C=O) groups excluding carboxylic acids is 1. The van der Waals surface area contributed by atoms with Gasteiger partial charge in [-0.3, -0.25) is 4.79 Å². The second kappa shape index (κ2) is 3.91. The summed E-state index contributed by atoms with van der Waals surface area (Å²) in [4.78, 5) is 12.0. The fraction of sp³-hybridized carbons (Fsp3) is 0.462. The molecule has 2 fully saturated rings. The molecule has 3 N–H and O–H groups in total. The molecule has 0 aliphatic heterocycles. The molecule has 2 unspecified atom stereocenters. The van der Waals surface area contributed by atoms with Gasteiger partial charge in [0, 0.05) is 11.6 Å². The van der Waals surface area contributed by atoms with E-state index in [9.17, 15) is 4.79 Å². The van der Waals surface area contributed by atoms with Gasteiger partial charge in [-0.05, 0) is 49.3 Å². The quantitative estimate of drug-likeness (QED) is 0.793. The molecular formula is C13H15ClN2O. The van der Waals surface area contributed by atoms with Gasteiger partial charge in [0.15, 0.2) is 0 Å². The zero-order valence-corrected chi connectivity index (χ0v) is 10.2. The number of nitrogens with two attached hydrogens (primary N) is 1. The van der Waals surface area contributed by atoms with E-state index in [1.807, 2.05) is 0 Å². The molecule has 1 amide bonds. The first-order valence-corrected chi connectivity index (χ1v) is 6.37. The Morgan fingerprint density at radius 1 is 1.29 bits per heavy atom. The third kappa shape index (κ3) is 2.12. The first-order valence-electron chi connectivity index (χ1n) is 5.99. The SMILES string of the molecule is Nc1cc(NC(=O)C2CC3CC3C2)ccc1Cl. The first kappa shape index (κ1) is 10.9. The summed E-state index contributed by atoms with van der Waals surface area (Å²) in [5.74, 6) is 1.96. The smallest absolute Gasteiger partial charge is 0.227 e. The third-order valence-electron chi connectivity index (χ3n) is 3.88. The minimum Gasteiger partial charge on any atom is -0.397 e. The van der Waals surface area contributed by atoms with Crippen LogP contribution in [0.2, 0.25) is 5.02 Å². The number of nitrogen functional groups attached to an aromatic ring is 1. The van der Waals surface area contributed by atoms with Crippen molar-refractivity contribution in [2.24, 2.45) is 17.8 Å². The number of hydrogen-bond acceptors (Lipinski definition) is 2. The highest BCUT2D eigenvalue weighted by atomic mass is 35.5. The van der Waals surface area contributed by atoms with Crippen molar-refractivity contribution in [1.29, 1.82) is 0 Å². The first-order chi connectivity index (χ1) is 8.13. The maximum Gasteiger partial charge on any atom is 0.227 e. The Morgan fingerprint density at radius 2 is 2.00 bits per heavy atom. The Balaban J connectivity index is 1.65. The summed E-state index contributed by atoms with van der Waals surface area (Å²) < 4.78 is 0. The molecule has 17 heavy (non-hydrogen) atoms. The monoisotopic (exact) mass is 250 g/mol. The summed E-state index contributed by atoms with van der Waals surface area (Å²) in [6.45, 7) is 0. The molecule has 3 rings (SSSR count). The molecule has 90 valence electrons. The molecule has 0 radical (unpaired) electrons. The highest BCUT2D eigenvalue weighted by molar-refractivity contribution is 6.33. The van der Waals surface area contributed by atoms with Gasteiger partial charge in [0.25, 0.3) is 0 Å². The van der Waals surface area contributed by atoms with Crippen molar-refractivity contribution in [3.63, 3.8) is 0 Å². The molecule has 0 aromatic heterocycles. The van der Waals surface area contributed by atoms with Crippen molar-refractivity contribution in [2.45, 2.75) is 19.3 Å². The summed E-state index contributed by atoms with van der Waals surface area (Å²) >= 11 is 5.83. The topological polar surface area (TPSA) is 55.1 Å². The lowest BCUT2D eigenvalue weighted by Gasteiger charge is -2.12. The van der Waals surface area contributed by atoms with Crippen LogP contribution in [0.15, 0.2) is 18.2 Å². The van der Waals surface area contributed by atoms with Crippen molar-refractivity contribution >= 4 is 28.9 Å². The molecule has 4 heteroatoms. The zero-order valence-electron chi connectivity index (χ0n) is 9.45. The number of nitrogens with one attached hydrogen (secondary N) is 1. The molecule has 2 saturated carbocycles. The molecular weight excluding hydrogens is 236 g/mol. The second-order valence-electron chi connectivity index (χ2n) is 5.15. The van der Waals surface area contributed by atoms with Crippen molar-refractivity contribution in [3.8, 4) is 0 Å². The van der Waals surface area contributed by atoms with Gasteiger partial charge in [0.05, 0.1) is 10.7 Å². The van der Waals surface area contributed by atoms with Crippen molar-refractivity contribution in [3.05, 3.63) is 23.2 Å². The van der Waals surface area contributed by atoms with Crippen LogP contribution in [0.5, 0.6) is 0 Å². The summed E-state index contributed by atoms with van der Waals surface area (Å²) in [6.07, 6.45) is 3.44. The van der Waals surface area contributed by atoms with Crippen LogP contribution < -0.4 is 11.1 Å². The number of rotatable bonds is 2. The van der Waals surface area contributed by atoms with Crippen LogP contribution in [-0.4, -0.2) is 5.91 Å². The minimum absolute atomic E-state index is 0.124. The Bertz CT molecular complexity index is 464. The van der Waals surface area contributed by atoms with E-state index in [1.165, 1.54) is 6.42 Å². The van der Waals surface area contributed by atoms with Crippen LogP contribution in [-0.2, 0) is 4.79 Å². The van der Waals surface area contributed by atoms with Crippen LogP contribution in [0.4, 0.5) is 11.4 Å². The molecule has 3 nitrogen and oxygen atoms in total. The summed E-state index contributed by atoms with van der Waals surface area (Å²) in [5, 5.41) is 3.43. The Hall–Kier alpha value is -1.22. The zero-order chi connectivity index (χ0) is 12.0. The minimum atomic E-state index is 0.124. The normalized spacial score (nSPS) is 29.8. The molecule has 2 aliphatic rings. The van der Waals surface area contributed by atoms with Crippen molar-refractivity contribution < 1.29 is 4.79 Å². The van der Waals surface area contributed by atoms with Crippen LogP contribution >= 0.6 is 11.6 Å². The van der Waals surface area contributed by atoms with Crippen molar-refractivity contribution in [1.82, 2.24) is 0 Å². The second-order valence-corrected chi connectivity index (χ2v) is 5.56. The largest absolute Gasteiger partial charge is 0.397 e. The molecule has 1 aromatic carbocycles. The Morgan fingerprint density at radius 3 is 2.65 bits per heavy atom. The number of amides is 1. The average Bonchev–Trinajstić information content (AvgIpc) is 2.91. The summed E-state index contributed by atoms with van der Waals surface area (Å²) in [7, 11) is 0. The molecule has 2 aliphatic carbocycles. The molecule has 0 bridgehead atoms. The Kier molecular flexibility index (Phi) is 2.51. The van der Waals surface area contributed by atoms with E-state index in [2.05, 4.69) is 5.32 Å². The van der Waals surface area contributed by atoms with Gasteiger partial charge >= 0.3 is 0 Å². The molecule has 0 saturated heterocycles. The standard InChI is InChI=1S/C13H15ClN2O/c14-11-2-1-10(6-12(11)15)16-13(17)9-4-7-3-8(7)5-9/h1-2,6-9H,3-5,15H2,(H,16,17). The predicted molar refractivity (Wildman–Crippen MR) is 68.8 cm³/mol. The molecule has 0 spiro atoms. The van der Waals surface area contributed by atoms with Gasteiger partial charge in [0.2, 0.25) is 5.91 Å². The lowest BCUT2D eigenvalue weighted by molar-refractivity contribution is -0.120. The number of benzene rings is 1. The lowest BCUT2D eigenvalue weighted by Crippen LogP contribution is -2.21. The number of fused-ring (bicyclic) bond motifs is 1.